The predicted molar refractivity (Wildman–Crippen MR) is 139 cm³/mol. The predicted octanol–water partition coefficient (Wildman–Crippen LogP) is 6.57. The number of benzene rings is 3. The van der Waals surface area contributed by atoms with E-state index >= 15 is 0 Å². The highest BCUT2D eigenvalue weighted by molar-refractivity contribution is 6.10. The van der Waals surface area contributed by atoms with E-state index < -0.39 is 6.04 Å². The Morgan fingerprint density at radius 1 is 0.857 bits per heavy atom. The van der Waals surface area contributed by atoms with Crippen molar-refractivity contribution in [3.63, 3.8) is 0 Å². The third kappa shape index (κ3) is 3.81. The van der Waals surface area contributed by atoms with E-state index in [1.54, 1.807) is 4.90 Å². The van der Waals surface area contributed by atoms with E-state index in [4.69, 9.17) is 9.15 Å². The number of ether oxygens (including phenoxy) is 1. The van der Waals surface area contributed by atoms with Gasteiger partial charge in [0.15, 0.2) is 5.43 Å². The molecule has 0 bridgehead atoms. The Hall–Kier alpha value is -3.86. The topological polar surface area (TPSA) is 59.8 Å². The maximum Gasteiger partial charge on any atom is 0.295 e. The summed E-state index contributed by atoms with van der Waals surface area (Å²) in [7, 11) is 0. The molecule has 0 saturated carbocycles. The maximum atomic E-state index is 13.9. The number of carbonyl (C=O) groups is 1. The maximum absolute atomic E-state index is 13.9. The second-order valence-electron chi connectivity index (χ2n) is 9.37. The summed E-state index contributed by atoms with van der Waals surface area (Å²) in [6.45, 7) is 10.7. The van der Waals surface area contributed by atoms with Gasteiger partial charge in [-0.25, -0.2) is 0 Å². The molecule has 2 heterocycles. The highest BCUT2D eigenvalue weighted by Gasteiger charge is 2.43. The molecule has 1 aliphatic heterocycles. The van der Waals surface area contributed by atoms with Crippen LogP contribution in [0.5, 0.6) is 5.75 Å². The quantitative estimate of drug-likeness (QED) is 0.333. The number of rotatable bonds is 5. The minimum absolute atomic E-state index is 0.111. The van der Waals surface area contributed by atoms with E-state index in [0.29, 0.717) is 23.1 Å². The summed E-state index contributed by atoms with van der Waals surface area (Å²) in [5, 5.41) is 0.495. The normalized spacial score (nSPS) is 15.1. The summed E-state index contributed by atoms with van der Waals surface area (Å²) in [4.78, 5) is 29.3. The van der Waals surface area contributed by atoms with Crippen LogP contribution in [0, 0.1) is 27.7 Å². The highest BCUT2D eigenvalue weighted by atomic mass is 16.5. The molecule has 0 N–H and O–H groups in total. The molecule has 5 nitrogen and oxygen atoms in total. The van der Waals surface area contributed by atoms with Crippen molar-refractivity contribution in [1.29, 1.82) is 0 Å². The van der Waals surface area contributed by atoms with Gasteiger partial charge in [0.1, 0.15) is 11.3 Å². The van der Waals surface area contributed by atoms with Crippen LogP contribution in [-0.2, 0) is 0 Å². The van der Waals surface area contributed by atoms with Crippen molar-refractivity contribution in [3.8, 4) is 5.75 Å². The van der Waals surface area contributed by atoms with Crippen molar-refractivity contribution in [2.75, 3.05) is 11.5 Å². The first-order valence-electron chi connectivity index (χ1n) is 12.0. The number of anilines is 1. The van der Waals surface area contributed by atoms with Gasteiger partial charge in [-0.1, -0.05) is 25.1 Å². The Morgan fingerprint density at radius 3 is 2.23 bits per heavy atom. The Balaban J connectivity index is 1.74. The van der Waals surface area contributed by atoms with Crippen LogP contribution in [0.3, 0.4) is 0 Å². The molecule has 0 radical (unpaired) electrons. The molecule has 0 saturated heterocycles. The molecular weight excluding hydrogens is 438 g/mol. The van der Waals surface area contributed by atoms with Gasteiger partial charge in [0.25, 0.3) is 5.91 Å². The number of amides is 1. The van der Waals surface area contributed by atoms with Crippen LogP contribution < -0.4 is 15.1 Å². The van der Waals surface area contributed by atoms with E-state index in [1.165, 1.54) is 0 Å². The van der Waals surface area contributed by atoms with Crippen molar-refractivity contribution in [2.45, 2.75) is 47.1 Å². The lowest BCUT2D eigenvalue weighted by molar-refractivity contribution is 0.0971. The lowest BCUT2D eigenvalue weighted by Gasteiger charge is -2.26. The molecule has 5 heteroatoms. The monoisotopic (exact) mass is 467 g/mol. The van der Waals surface area contributed by atoms with E-state index in [-0.39, 0.29) is 17.1 Å². The second kappa shape index (κ2) is 8.73. The third-order valence-electron chi connectivity index (χ3n) is 6.92. The molecule has 4 aromatic rings. The number of nitrogens with zero attached hydrogens (tertiary/aromatic N) is 1. The molecule has 1 unspecified atom stereocenters. The van der Waals surface area contributed by atoms with Crippen LogP contribution in [0.4, 0.5) is 5.69 Å². The number of hydrogen-bond donors (Lipinski definition) is 0. The van der Waals surface area contributed by atoms with Crippen LogP contribution in [0.1, 0.15) is 63.3 Å². The minimum Gasteiger partial charge on any atom is -0.494 e. The molecule has 35 heavy (non-hydrogen) atoms. The number of aryl methyl sites for hydroxylation is 4. The molecule has 0 aliphatic carbocycles. The molecule has 5 rings (SSSR count). The Labute approximate surface area is 205 Å². The van der Waals surface area contributed by atoms with Gasteiger partial charge in [-0.15, -0.1) is 0 Å². The Bertz CT molecular complexity index is 1510. The standard InChI is InChI=1S/C30H29NO4/c1-6-13-34-23-11-8-21(9-12-23)27-26-28(32)24-15-19(4)20(5)16-25(24)35-29(26)30(33)31(27)22-10-7-17(2)18(3)14-22/h7-12,14-16,27H,6,13H2,1-5H3. The fourth-order valence-corrected chi connectivity index (χ4v) is 4.65. The first kappa shape index (κ1) is 22.9. The molecule has 1 aromatic heterocycles. The number of carbonyl (C=O) groups excluding carboxylic acids is 1. The Kier molecular flexibility index (Phi) is 5.72. The molecule has 0 spiro atoms. The smallest absolute Gasteiger partial charge is 0.295 e. The minimum atomic E-state index is -0.595. The zero-order chi connectivity index (χ0) is 24.9. The lowest BCUT2D eigenvalue weighted by Crippen LogP contribution is -2.29. The number of fused-ring (bicyclic) bond motifs is 2. The summed E-state index contributed by atoms with van der Waals surface area (Å²) in [6.07, 6.45) is 0.916. The average Bonchev–Trinajstić information content (AvgIpc) is 3.13. The van der Waals surface area contributed by atoms with Gasteiger partial charge in [0.05, 0.1) is 23.6 Å². The van der Waals surface area contributed by atoms with Gasteiger partial charge in [0, 0.05) is 5.69 Å². The van der Waals surface area contributed by atoms with Crippen molar-refractivity contribution >= 4 is 22.6 Å². The zero-order valence-electron chi connectivity index (χ0n) is 20.8. The third-order valence-corrected chi connectivity index (χ3v) is 6.92. The lowest BCUT2D eigenvalue weighted by atomic mass is 9.97. The van der Waals surface area contributed by atoms with Gasteiger partial charge >= 0.3 is 0 Å². The SMILES string of the molecule is CCCOc1ccc(C2c3c(oc4cc(C)c(C)cc4c3=O)C(=O)N2c2ccc(C)c(C)c2)cc1. The summed E-state index contributed by atoms with van der Waals surface area (Å²) in [5.74, 6) is 0.562. The fourth-order valence-electron chi connectivity index (χ4n) is 4.65. The van der Waals surface area contributed by atoms with E-state index in [9.17, 15) is 9.59 Å². The van der Waals surface area contributed by atoms with Crippen LogP contribution in [0.2, 0.25) is 0 Å². The molecule has 0 fully saturated rings. The zero-order valence-corrected chi connectivity index (χ0v) is 20.8. The van der Waals surface area contributed by atoms with Crippen LogP contribution in [0.25, 0.3) is 11.0 Å². The van der Waals surface area contributed by atoms with Crippen LogP contribution in [0.15, 0.2) is 63.8 Å². The Morgan fingerprint density at radius 2 is 1.54 bits per heavy atom. The summed E-state index contributed by atoms with van der Waals surface area (Å²) in [5.41, 5.74) is 6.44. The molecule has 1 amide bonds. The van der Waals surface area contributed by atoms with Gasteiger partial charge in [-0.2, -0.15) is 0 Å². The van der Waals surface area contributed by atoms with E-state index in [0.717, 1.165) is 45.7 Å². The summed E-state index contributed by atoms with van der Waals surface area (Å²) >= 11 is 0. The first-order valence-corrected chi connectivity index (χ1v) is 12.0. The second-order valence-corrected chi connectivity index (χ2v) is 9.37. The molecule has 178 valence electrons. The largest absolute Gasteiger partial charge is 0.494 e. The summed E-state index contributed by atoms with van der Waals surface area (Å²) in [6, 6.07) is 16.7. The van der Waals surface area contributed by atoms with Gasteiger partial charge in [-0.3, -0.25) is 14.5 Å². The highest BCUT2D eigenvalue weighted by Crippen LogP contribution is 2.42. The molecular formula is C30H29NO4. The van der Waals surface area contributed by atoms with Crippen molar-refractivity contribution < 1.29 is 13.9 Å². The first-order chi connectivity index (χ1) is 16.8. The van der Waals surface area contributed by atoms with Gasteiger partial charge in [-0.05, 0) is 98.3 Å². The summed E-state index contributed by atoms with van der Waals surface area (Å²) < 4.78 is 11.9. The molecule has 3 aromatic carbocycles. The van der Waals surface area contributed by atoms with E-state index in [2.05, 4.69) is 6.92 Å². The van der Waals surface area contributed by atoms with Gasteiger partial charge in [0.2, 0.25) is 5.76 Å². The van der Waals surface area contributed by atoms with E-state index in [1.807, 2.05) is 82.3 Å². The van der Waals surface area contributed by atoms with Crippen molar-refractivity contribution in [3.05, 3.63) is 104 Å². The van der Waals surface area contributed by atoms with Crippen LogP contribution >= 0.6 is 0 Å². The molecule has 1 aliphatic rings. The van der Waals surface area contributed by atoms with Crippen molar-refractivity contribution in [2.24, 2.45) is 0 Å². The van der Waals surface area contributed by atoms with Crippen molar-refractivity contribution in [1.82, 2.24) is 0 Å². The fraction of sp³-hybridized carbons (Fsp3) is 0.267. The van der Waals surface area contributed by atoms with Gasteiger partial charge < -0.3 is 9.15 Å². The number of hydrogen-bond acceptors (Lipinski definition) is 4. The van der Waals surface area contributed by atoms with Crippen LogP contribution in [-0.4, -0.2) is 12.5 Å². The average molecular weight is 468 g/mol. The molecule has 1 atom stereocenters.